The van der Waals surface area contributed by atoms with Crippen LogP contribution in [0.15, 0.2) is 0 Å². The molecule has 0 heterocycles. The van der Waals surface area contributed by atoms with Crippen molar-refractivity contribution in [3.63, 3.8) is 0 Å². The van der Waals surface area contributed by atoms with Gasteiger partial charge in [0.05, 0.1) is 31.8 Å². The third-order valence-corrected chi connectivity index (χ3v) is 5.17. The van der Waals surface area contributed by atoms with Crippen molar-refractivity contribution in [3.05, 3.63) is 0 Å². The second-order valence-electron chi connectivity index (χ2n) is 4.22. The Morgan fingerprint density at radius 3 is 1.47 bits per heavy atom. The van der Waals surface area contributed by atoms with E-state index in [1.165, 1.54) is 13.8 Å². The highest BCUT2D eigenvalue weighted by Crippen LogP contribution is 2.41. The molecule has 0 amide bonds. The molecule has 0 bridgehead atoms. The maximum Gasteiger partial charge on any atom is 0.134 e. The average Bonchev–Trinajstić information content (AvgIpc) is 2.40. The summed E-state index contributed by atoms with van der Waals surface area (Å²) in [6.45, 7) is 0.337. The molecule has 0 aliphatic rings. The van der Waals surface area contributed by atoms with Crippen LogP contribution in [0.4, 0.5) is 0 Å². The molecular weight excluding hydrogens is 298 g/mol. The summed E-state index contributed by atoms with van der Waals surface area (Å²) in [6, 6.07) is 0. The number of aliphatic hydroxyl groups excluding tert-OH is 2. The molecule has 0 aliphatic carbocycles. The van der Waals surface area contributed by atoms with Gasteiger partial charge in [-0.25, -0.2) is 0 Å². The molecule has 8 nitrogen and oxygen atoms in total. The van der Waals surface area contributed by atoms with E-state index < -0.39 is 47.0 Å². The van der Waals surface area contributed by atoms with E-state index in [1.807, 2.05) is 0 Å². The molecule has 0 spiro atoms. The molecule has 0 rings (SSSR count). The van der Waals surface area contributed by atoms with E-state index in [-0.39, 0.29) is 12.3 Å². The smallest absolute Gasteiger partial charge is 0.134 e. The largest absolute Gasteiger partial charge is 0.779 e. The summed E-state index contributed by atoms with van der Waals surface area (Å²) >= 11 is 0. The zero-order valence-corrected chi connectivity index (χ0v) is 12.8. The van der Waals surface area contributed by atoms with Crippen molar-refractivity contribution in [3.8, 4) is 0 Å². The van der Waals surface area contributed by atoms with Gasteiger partial charge in [0.15, 0.2) is 0 Å². The minimum absolute atomic E-state index is 0.240. The van der Waals surface area contributed by atoms with Gasteiger partial charge in [-0.05, 0) is 0 Å². The highest BCUT2D eigenvalue weighted by molar-refractivity contribution is 7.51. The van der Waals surface area contributed by atoms with Gasteiger partial charge in [0.1, 0.15) is 15.2 Å². The minimum Gasteiger partial charge on any atom is -0.779 e. The molecule has 116 valence electrons. The van der Waals surface area contributed by atoms with Crippen LogP contribution in [-0.2, 0) is 18.2 Å². The van der Waals surface area contributed by atoms with Gasteiger partial charge in [0, 0.05) is 12.3 Å². The number of hydrogen-bond donors (Lipinski definition) is 2. The van der Waals surface area contributed by atoms with Crippen LogP contribution in [0.5, 0.6) is 0 Å². The fraction of sp³-hybridized carbons (Fsp3) is 1.00. The van der Waals surface area contributed by atoms with Gasteiger partial charge in [-0.3, -0.25) is 0 Å². The van der Waals surface area contributed by atoms with E-state index in [0.29, 0.717) is 0 Å². The van der Waals surface area contributed by atoms with Gasteiger partial charge < -0.3 is 38.2 Å². The molecule has 0 aliphatic heterocycles. The van der Waals surface area contributed by atoms with Crippen molar-refractivity contribution in [2.75, 3.05) is 38.8 Å². The molecule has 0 saturated heterocycles. The Labute approximate surface area is 112 Å². The predicted molar refractivity (Wildman–Crippen MR) is 64.8 cm³/mol. The summed E-state index contributed by atoms with van der Waals surface area (Å²) in [5, 5.41) is 18.4. The fourth-order valence-corrected chi connectivity index (χ4v) is 2.23. The first-order valence-corrected chi connectivity index (χ1v) is 9.22. The molecule has 0 fully saturated rings. The number of hydrogen-bond acceptors (Lipinski definition) is 8. The Morgan fingerprint density at radius 2 is 1.26 bits per heavy atom. The standard InChI is InChI=1S/C9H22O8P2/c1-3-18(12,13)16-7-9(5-10,6-11)8-17-19(14,15)4-2/h10-11H,3-8H2,1-2H3,(H,12,13)(H,14,15)/p-2. The maximum absolute atomic E-state index is 11.2. The first-order chi connectivity index (χ1) is 8.66. The van der Waals surface area contributed by atoms with Crippen LogP contribution in [-0.4, -0.2) is 49.0 Å². The van der Waals surface area contributed by atoms with Crippen LogP contribution < -0.4 is 9.79 Å². The van der Waals surface area contributed by atoms with Crippen LogP contribution >= 0.6 is 15.2 Å². The maximum atomic E-state index is 11.2. The molecule has 0 saturated carbocycles. The van der Waals surface area contributed by atoms with E-state index in [9.17, 15) is 29.1 Å². The average molecular weight is 318 g/mol. The highest BCUT2D eigenvalue weighted by Gasteiger charge is 2.32. The van der Waals surface area contributed by atoms with Gasteiger partial charge in [0.2, 0.25) is 0 Å². The second-order valence-corrected chi connectivity index (χ2v) is 8.44. The van der Waals surface area contributed by atoms with Crippen molar-refractivity contribution in [2.45, 2.75) is 13.8 Å². The van der Waals surface area contributed by atoms with E-state index >= 15 is 0 Å². The molecule has 2 N–H and O–H groups in total. The first kappa shape index (κ1) is 19.2. The lowest BCUT2D eigenvalue weighted by Gasteiger charge is -2.34. The summed E-state index contributed by atoms with van der Waals surface area (Å²) in [6.07, 6.45) is -0.481. The minimum atomic E-state index is -4.04. The highest BCUT2D eigenvalue weighted by atomic mass is 31.2. The SMILES string of the molecule is CCP(=O)([O-])OCC(CO)(CO)COP(=O)([O-])CC. The predicted octanol–water partition coefficient (Wildman–Crippen LogP) is -0.863. The Kier molecular flexibility index (Phi) is 7.95. The Morgan fingerprint density at radius 1 is 0.947 bits per heavy atom. The number of aliphatic hydroxyl groups is 2. The lowest BCUT2D eigenvalue weighted by molar-refractivity contribution is -0.206. The summed E-state index contributed by atoms with van der Waals surface area (Å²) < 4.78 is 31.7. The van der Waals surface area contributed by atoms with Gasteiger partial charge in [-0.15, -0.1) is 0 Å². The van der Waals surface area contributed by atoms with Crippen LogP contribution in [0, 0.1) is 5.41 Å². The summed E-state index contributed by atoms with van der Waals surface area (Å²) in [4.78, 5) is 22.4. The first-order valence-electron chi connectivity index (χ1n) is 5.77. The molecule has 0 aromatic carbocycles. The summed E-state index contributed by atoms with van der Waals surface area (Å²) in [7, 11) is -8.08. The molecule has 0 aromatic heterocycles. The molecule has 19 heavy (non-hydrogen) atoms. The van der Waals surface area contributed by atoms with Crippen LogP contribution in [0.3, 0.4) is 0 Å². The van der Waals surface area contributed by atoms with E-state index in [1.54, 1.807) is 0 Å². The van der Waals surface area contributed by atoms with Crippen molar-refractivity contribution in [1.29, 1.82) is 0 Å². The summed E-state index contributed by atoms with van der Waals surface area (Å²) in [5.41, 5.74) is -1.48. The molecule has 2 atom stereocenters. The molecule has 2 unspecified atom stereocenters. The monoisotopic (exact) mass is 318 g/mol. The van der Waals surface area contributed by atoms with Crippen LogP contribution in [0.1, 0.15) is 13.8 Å². The third-order valence-electron chi connectivity index (χ3n) is 2.58. The molecule has 10 heteroatoms. The van der Waals surface area contributed by atoms with E-state index in [2.05, 4.69) is 9.05 Å². The quantitative estimate of drug-likeness (QED) is 0.496. The van der Waals surface area contributed by atoms with Crippen LogP contribution in [0.25, 0.3) is 0 Å². The Bertz CT molecular complexity index is 324. The topological polar surface area (TPSA) is 139 Å². The Balaban J connectivity index is 4.68. The van der Waals surface area contributed by atoms with Gasteiger partial charge in [0.25, 0.3) is 0 Å². The normalized spacial score (nSPS) is 18.8. The molecule has 0 aromatic rings. The van der Waals surface area contributed by atoms with Crippen molar-refractivity contribution < 1.29 is 38.2 Å². The molecular formula is C9H20O8P2-2. The lowest BCUT2D eigenvalue weighted by Crippen LogP contribution is -2.40. The van der Waals surface area contributed by atoms with Crippen molar-refractivity contribution in [2.24, 2.45) is 5.41 Å². The van der Waals surface area contributed by atoms with E-state index in [0.717, 1.165) is 0 Å². The van der Waals surface area contributed by atoms with Crippen molar-refractivity contribution >= 4 is 15.2 Å². The second kappa shape index (κ2) is 7.86. The van der Waals surface area contributed by atoms with E-state index in [4.69, 9.17) is 0 Å². The van der Waals surface area contributed by atoms with Gasteiger partial charge in [-0.1, -0.05) is 13.8 Å². The van der Waals surface area contributed by atoms with Gasteiger partial charge in [-0.2, -0.15) is 0 Å². The fourth-order valence-electron chi connectivity index (χ4n) is 0.927. The summed E-state index contributed by atoms with van der Waals surface area (Å²) in [5.74, 6) is 0. The zero-order valence-electron chi connectivity index (χ0n) is 11.0. The molecule has 0 radical (unpaired) electrons. The van der Waals surface area contributed by atoms with Crippen LogP contribution in [0.2, 0.25) is 0 Å². The lowest BCUT2D eigenvalue weighted by atomic mass is 9.93. The zero-order chi connectivity index (χ0) is 15.2. The van der Waals surface area contributed by atoms with Gasteiger partial charge >= 0.3 is 0 Å². The van der Waals surface area contributed by atoms with Crippen molar-refractivity contribution in [1.82, 2.24) is 0 Å². The number of rotatable bonds is 10. The third kappa shape index (κ3) is 6.97. The Hall–Kier alpha value is 0.220.